The summed E-state index contributed by atoms with van der Waals surface area (Å²) in [5, 5.41) is 13.9. The quantitative estimate of drug-likeness (QED) is 0.640. The van der Waals surface area contributed by atoms with E-state index in [1.165, 1.54) is 21.3 Å². The van der Waals surface area contributed by atoms with E-state index < -0.39 is 11.8 Å². The number of benzene rings is 1. The van der Waals surface area contributed by atoms with Crippen LogP contribution in [0, 0.1) is 16.7 Å². The van der Waals surface area contributed by atoms with E-state index in [4.69, 9.17) is 19.9 Å². The van der Waals surface area contributed by atoms with Gasteiger partial charge in [-0.1, -0.05) is 25.6 Å². The predicted octanol–water partition coefficient (Wildman–Crippen LogP) is 3.00. The molecule has 0 saturated carbocycles. The number of ether oxygens (including phenoxy) is 3. The summed E-state index contributed by atoms with van der Waals surface area (Å²) in [4.78, 5) is 24.7. The summed E-state index contributed by atoms with van der Waals surface area (Å²) in [6, 6.07) is 5.75. The van der Waals surface area contributed by atoms with Gasteiger partial charge in [-0.05, 0) is 29.5 Å². The fraction of sp³-hybridized carbons (Fsp3) is 0.435. The van der Waals surface area contributed by atoms with Gasteiger partial charge in [0.15, 0.2) is 17.3 Å². The highest BCUT2D eigenvalue weighted by molar-refractivity contribution is 8.03. The van der Waals surface area contributed by atoms with E-state index in [1.54, 1.807) is 12.1 Å². The molecule has 32 heavy (non-hydrogen) atoms. The molecular weight excluding hydrogens is 430 g/mol. The molecule has 1 atom stereocenters. The van der Waals surface area contributed by atoms with Crippen molar-refractivity contribution in [3.63, 3.8) is 0 Å². The van der Waals surface area contributed by atoms with Gasteiger partial charge in [-0.2, -0.15) is 5.26 Å². The first kappa shape index (κ1) is 23.5. The van der Waals surface area contributed by atoms with Gasteiger partial charge in [0.05, 0.1) is 49.7 Å². The topological polar surface area (TPSA) is 124 Å². The van der Waals surface area contributed by atoms with Crippen molar-refractivity contribution in [3.8, 4) is 23.3 Å². The fourth-order valence-corrected chi connectivity index (χ4v) is 5.04. The van der Waals surface area contributed by atoms with E-state index in [2.05, 4.69) is 11.4 Å². The first-order chi connectivity index (χ1) is 15.1. The zero-order valence-electron chi connectivity index (χ0n) is 18.8. The van der Waals surface area contributed by atoms with E-state index in [9.17, 15) is 14.9 Å². The number of Topliss-reactive ketones (excluding diaryl/α,β-unsaturated/α-hetero) is 1. The van der Waals surface area contributed by atoms with Crippen molar-refractivity contribution in [2.45, 2.75) is 32.6 Å². The number of nitrogens with zero attached hydrogens (tertiary/aromatic N) is 1. The molecule has 8 nitrogen and oxygen atoms in total. The van der Waals surface area contributed by atoms with Crippen LogP contribution in [0.25, 0.3) is 0 Å². The molecule has 0 fully saturated rings. The Morgan fingerprint density at radius 3 is 2.34 bits per heavy atom. The molecule has 2 aliphatic rings. The Morgan fingerprint density at radius 2 is 1.84 bits per heavy atom. The van der Waals surface area contributed by atoms with Gasteiger partial charge < -0.3 is 25.3 Å². The van der Waals surface area contributed by atoms with Gasteiger partial charge in [-0.15, -0.1) is 0 Å². The first-order valence-corrected chi connectivity index (χ1v) is 11.0. The second-order valence-corrected chi connectivity index (χ2v) is 9.45. The molecule has 0 radical (unpaired) electrons. The van der Waals surface area contributed by atoms with Gasteiger partial charge in [0.25, 0.3) is 0 Å². The molecule has 0 saturated heterocycles. The first-order valence-electron chi connectivity index (χ1n) is 10.0. The number of hydrogen-bond acceptors (Lipinski definition) is 8. The van der Waals surface area contributed by atoms with Crippen LogP contribution in [0.1, 0.15) is 38.2 Å². The van der Waals surface area contributed by atoms with E-state index in [1.807, 2.05) is 13.8 Å². The Bertz CT molecular complexity index is 1040. The number of nitrogens with one attached hydrogen (secondary N) is 1. The highest BCUT2D eigenvalue weighted by Crippen LogP contribution is 2.50. The lowest BCUT2D eigenvalue weighted by Crippen LogP contribution is -2.37. The number of thioether (sulfide) groups is 1. The number of carbonyl (C=O) groups excluding carboxylic acids is 2. The molecule has 1 aromatic rings. The molecule has 1 amide bonds. The summed E-state index contributed by atoms with van der Waals surface area (Å²) < 4.78 is 16.4. The monoisotopic (exact) mass is 457 g/mol. The fourth-order valence-electron chi connectivity index (χ4n) is 4.23. The van der Waals surface area contributed by atoms with Crippen LogP contribution in [0.15, 0.2) is 34.0 Å². The SMILES string of the molecule is COc1cc([C@H]2C(C#N)=C(SCC(N)=O)NC3=C2C(=O)CC(C)(C)C3)cc(OC)c1OC. The molecule has 1 heterocycles. The Hall–Kier alpha value is -3.12. The van der Waals surface area contributed by atoms with Gasteiger partial charge >= 0.3 is 0 Å². The standard InChI is InChI=1S/C23H27N3O5S/c1-23(2)8-14-20(15(27)9-23)19(13(10-24)22(26-14)32-11-18(25)28)12-6-16(29-3)21(31-5)17(7-12)30-4/h6-7,19,26H,8-9,11H2,1-5H3,(H2,25,28)/t19-/m0/s1. The summed E-state index contributed by atoms with van der Waals surface area (Å²) in [5.41, 5.74) is 7.43. The number of amides is 1. The number of ketones is 1. The summed E-state index contributed by atoms with van der Waals surface area (Å²) in [6.07, 6.45) is 1.01. The summed E-state index contributed by atoms with van der Waals surface area (Å²) in [6.45, 7) is 4.06. The number of primary amides is 1. The summed E-state index contributed by atoms with van der Waals surface area (Å²) >= 11 is 1.16. The predicted molar refractivity (Wildman–Crippen MR) is 121 cm³/mol. The number of nitrogens with two attached hydrogens (primary N) is 1. The molecule has 9 heteroatoms. The summed E-state index contributed by atoms with van der Waals surface area (Å²) in [5.74, 6) is 0.132. The van der Waals surface area contributed by atoms with Crippen LogP contribution in [0.4, 0.5) is 0 Å². The zero-order chi connectivity index (χ0) is 23.6. The van der Waals surface area contributed by atoms with Crippen LogP contribution in [0.2, 0.25) is 0 Å². The van der Waals surface area contributed by atoms with Crippen molar-refractivity contribution in [3.05, 3.63) is 39.6 Å². The van der Waals surface area contributed by atoms with Gasteiger partial charge in [0.1, 0.15) is 0 Å². The normalized spacial score (nSPS) is 19.6. The average Bonchev–Trinajstić information content (AvgIpc) is 2.74. The molecule has 0 unspecified atom stereocenters. The molecule has 3 rings (SSSR count). The number of dihydropyridines is 1. The van der Waals surface area contributed by atoms with Gasteiger partial charge in [-0.3, -0.25) is 9.59 Å². The average molecular weight is 458 g/mol. The lowest BCUT2D eigenvalue weighted by atomic mass is 9.69. The van der Waals surface area contributed by atoms with E-state index >= 15 is 0 Å². The maximum atomic E-state index is 13.3. The number of methoxy groups -OCH3 is 3. The Labute approximate surface area is 191 Å². The van der Waals surface area contributed by atoms with Crippen LogP contribution < -0.4 is 25.3 Å². The van der Waals surface area contributed by atoms with E-state index in [0.29, 0.717) is 51.8 Å². The number of allylic oxidation sites excluding steroid dienone is 3. The van der Waals surface area contributed by atoms with E-state index in [-0.39, 0.29) is 17.0 Å². The van der Waals surface area contributed by atoms with Gasteiger partial charge in [-0.25, -0.2) is 0 Å². The van der Waals surface area contributed by atoms with Crippen molar-refractivity contribution in [1.29, 1.82) is 5.26 Å². The highest BCUT2D eigenvalue weighted by Gasteiger charge is 2.42. The lowest BCUT2D eigenvalue weighted by Gasteiger charge is -2.39. The van der Waals surface area contributed by atoms with Crippen LogP contribution in [0.3, 0.4) is 0 Å². The molecule has 1 aromatic carbocycles. The Balaban J connectivity index is 2.25. The number of hydrogen-bond donors (Lipinski definition) is 2. The summed E-state index contributed by atoms with van der Waals surface area (Å²) in [7, 11) is 4.53. The highest BCUT2D eigenvalue weighted by atomic mass is 32.2. The smallest absolute Gasteiger partial charge is 0.227 e. The van der Waals surface area contributed by atoms with Gasteiger partial charge in [0, 0.05) is 17.7 Å². The van der Waals surface area contributed by atoms with Gasteiger partial charge in [0.2, 0.25) is 11.7 Å². The third-order valence-electron chi connectivity index (χ3n) is 5.51. The molecule has 3 N–H and O–H groups in total. The van der Waals surface area contributed by atoms with Crippen molar-refractivity contribution in [2.75, 3.05) is 27.1 Å². The number of carbonyl (C=O) groups is 2. The molecular formula is C23H27N3O5S. The molecule has 0 bridgehead atoms. The molecule has 1 aliphatic carbocycles. The van der Waals surface area contributed by atoms with Crippen LogP contribution in [-0.2, 0) is 9.59 Å². The molecule has 170 valence electrons. The van der Waals surface area contributed by atoms with Crippen LogP contribution in [0.5, 0.6) is 17.2 Å². The Kier molecular flexibility index (Phi) is 6.74. The zero-order valence-corrected chi connectivity index (χ0v) is 19.6. The van der Waals surface area contributed by atoms with Crippen molar-refractivity contribution >= 4 is 23.5 Å². The van der Waals surface area contributed by atoms with Crippen molar-refractivity contribution in [2.24, 2.45) is 11.1 Å². The second-order valence-electron chi connectivity index (χ2n) is 8.46. The van der Waals surface area contributed by atoms with Crippen LogP contribution in [-0.4, -0.2) is 38.8 Å². The third kappa shape index (κ3) is 4.41. The minimum atomic E-state index is -0.635. The van der Waals surface area contributed by atoms with Crippen LogP contribution >= 0.6 is 11.8 Å². The number of nitriles is 1. The maximum absolute atomic E-state index is 13.3. The van der Waals surface area contributed by atoms with Crippen molar-refractivity contribution in [1.82, 2.24) is 5.32 Å². The third-order valence-corrected chi connectivity index (χ3v) is 6.55. The van der Waals surface area contributed by atoms with Crippen molar-refractivity contribution < 1.29 is 23.8 Å². The Morgan fingerprint density at radius 1 is 1.22 bits per heavy atom. The lowest BCUT2D eigenvalue weighted by molar-refractivity contribution is -0.118. The molecule has 1 aliphatic heterocycles. The number of rotatable bonds is 7. The van der Waals surface area contributed by atoms with E-state index in [0.717, 1.165) is 17.5 Å². The minimum Gasteiger partial charge on any atom is -0.493 e. The largest absolute Gasteiger partial charge is 0.493 e. The second kappa shape index (κ2) is 9.17. The molecule has 0 aromatic heterocycles. The minimum absolute atomic E-state index is 0.00937. The molecule has 0 spiro atoms. The maximum Gasteiger partial charge on any atom is 0.227 e.